The van der Waals surface area contributed by atoms with Gasteiger partial charge in [0.05, 0.1) is 24.8 Å². The normalized spacial score (nSPS) is 22.3. The number of carboxylic acid groups (broad SMARTS) is 2. The first-order valence-electron chi connectivity index (χ1n) is 36.9. The number of guanidine groups is 1. The van der Waals surface area contributed by atoms with Crippen LogP contribution in [0.1, 0.15) is 101 Å². The van der Waals surface area contributed by atoms with Crippen LogP contribution in [0.4, 0.5) is 4.79 Å². The monoisotopic (exact) mass is 1650 g/mol. The second kappa shape index (κ2) is 45.1. The summed E-state index contributed by atoms with van der Waals surface area (Å²) in [6, 6.07) is -8.91. The van der Waals surface area contributed by atoms with E-state index in [0.717, 1.165) is 29.2 Å². The molecule has 6 rings (SSSR count). The number of nitrogens with one attached hydrogen (secondary N) is 14. The fraction of sp³-hybridized carbons (Fsp3) is 0.529. The minimum atomic E-state index is -2.07. The highest BCUT2D eigenvalue weighted by Crippen LogP contribution is 2.23. The van der Waals surface area contributed by atoms with E-state index in [1.807, 2.05) is 0 Å². The van der Waals surface area contributed by atoms with Crippen molar-refractivity contribution < 1.29 is 97.1 Å². The number of hydrogen-bond acceptors (Lipinski definition) is 24. The number of H-pyrrole nitrogens is 1. The summed E-state index contributed by atoms with van der Waals surface area (Å²) < 4.78 is 1.20. The molecule has 2 bridgehead atoms. The Morgan fingerprint density at radius 1 is 0.704 bits per heavy atom. The van der Waals surface area contributed by atoms with Crippen molar-refractivity contribution in [3.05, 3.63) is 77.7 Å². The third kappa shape index (κ3) is 28.6. The zero-order valence-corrected chi connectivity index (χ0v) is 64.9. The molecule has 45 heteroatoms. The predicted molar refractivity (Wildman–Crippen MR) is 415 cm³/mol. The highest BCUT2D eigenvalue weighted by molar-refractivity contribution is 7.80. The lowest BCUT2D eigenvalue weighted by Gasteiger charge is -2.31. The highest BCUT2D eigenvalue weighted by Gasteiger charge is 2.43. The highest BCUT2D eigenvalue weighted by atomic mass is 32.1. The molecule has 1 fully saturated rings. The van der Waals surface area contributed by atoms with Crippen molar-refractivity contribution >= 4 is 137 Å². The average Bonchev–Trinajstić information content (AvgIpc) is 1.41. The number of aromatic nitrogens is 4. The smallest absolute Gasteiger partial charge is 0.326 e. The third-order valence-electron chi connectivity index (χ3n) is 18.9. The number of amides is 15. The lowest BCUT2D eigenvalue weighted by Crippen LogP contribution is -2.62. The number of nitrogens with two attached hydrogens (primary N) is 4. The molecule has 0 spiro atoms. The van der Waals surface area contributed by atoms with E-state index in [1.54, 1.807) is 30.5 Å². The summed E-state index contributed by atoms with van der Waals surface area (Å²) in [5.74, 6) is -18.5. The Morgan fingerprint density at radius 2 is 1.29 bits per heavy atom. The van der Waals surface area contributed by atoms with Crippen molar-refractivity contribution in [2.75, 3.05) is 44.7 Å². The Bertz CT molecular complexity index is 4150. The molecule has 4 heterocycles. The first kappa shape index (κ1) is 92.0. The van der Waals surface area contributed by atoms with Gasteiger partial charge in [-0.05, 0) is 107 Å². The molecule has 628 valence electrons. The van der Waals surface area contributed by atoms with Crippen LogP contribution in [0.25, 0.3) is 10.9 Å². The molecule has 1 saturated heterocycles. The van der Waals surface area contributed by atoms with Gasteiger partial charge in [-0.1, -0.05) is 35.5 Å². The number of phenolic OH excluding ortho intramolecular Hbond substituents is 1. The number of aromatic hydroxyl groups is 1. The van der Waals surface area contributed by atoms with Crippen LogP contribution >= 0.6 is 25.3 Å². The van der Waals surface area contributed by atoms with Gasteiger partial charge in [-0.2, -0.15) is 25.3 Å². The number of primary amides is 2. The number of hydrogen-bond donors (Lipinski definition) is 24. The molecular weight excluding hydrogens is 1550 g/mol. The van der Waals surface area contributed by atoms with E-state index in [9.17, 15) is 87.5 Å². The summed E-state index contributed by atoms with van der Waals surface area (Å²) in [7, 11) is 1.15. The van der Waals surface area contributed by atoms with Crippen LogP contribution in [-0.4, -0.2) is 274 Å². The summed E-state index contributed by atoms with van der Waals surface area (Å²) in [5.41, 5.74) is 23.6. The Hall–Kier alpha value is -11.9. The molecule has 2 aromatic carbocycles. The number of carbonyl (C=O) groups excluding carboxylic acids is 14. The number of carboxylic acids is 2. The number of thiol groups is 2. The molecule has 2 aliphatic rings. The second-order valence-corrected chi connectivity index (χ2v) is 28.2. The van der Waals surface area contributed by atoms with E-state index < -0.39 is 217 Å². The minimum Gasteiger partial charge on any atom is -0.508 e. The number of fused-ring (bicyclic) bond motifs is 4. The van der Waals surface area contributed by atoms with E-state index in [1.165, 1.54) is 35.1 Å². The fourth-order valence-corrected chi connectivity index (χ4v) is 13.2. The number of para-hydroxylation sites is 1. The topological polar surface area (TPSA) is 679 Å². The molecular formula is C70H101N23O20S2. The number of aliphatic hydroxyl groups excluding tert-OH is 1. The van der Waals surface area contributed by atoms with Crippen molar-refractivity contribution in [2.45, 2.75) is 188 Å². The van der Waals surface area contributed by atoms with Gasteiger partial charge >= 0.3 is 18.0 Å². The molecule has 2 aliphatic heterocycles. The van der Waals surface area contributed by atoms with Gasteiger partial charge in [0, 0.05) is 87.3 Å². The second-order valence-electron chi connectivity index (χ2n) is 27.5. The largest absolute Gasteiger partial charge is 0.508 e. The SMILES string of the molecule is C[C@@H](O)[C@@H]1NC(=O)[C@@H](NC(=O)[C@H](CS)NC(=O)CN)Cc2cn(nn2)CCC[C@@H](C(=O)N(C)[C@@H](Cc2ccc(O)cc2)C(=O)O)NC(=O)[C@H](CCC(N)=O)NC(=O)[C@H](CCc2c[nH]c3ccccc23)NC(=O)[C@H](CCCNC(N)=O)NC(=O)C(CS)NC(=O)[C@H](CCCNC(=N)N)NC(=O)C2CCCN2C(=O)[C@H](CC(=O)O)NC1=O. The molecule has 4 aromatic rings. The van der Waals surface area contributed by atoms with Crippen LogP contribution in [0.3, 0.4) is 0 Å². The van der Waals surface area contributed by atoms with Crippen molar-refractivity contribution in [3.8, 4) is 5.75 Å². The lowest BCUT2D eigenvalue weighted by molar-refractivity contribution is -0.150. The fourth-order valence-electron chi connectivity index (χ4n) is 12.7. The molecule has 0 radical (unpaired) electrons. The number of aliphatic carboxylic acids is 2. The molecule has 115 heavy (non-hydrogen) atoms. The van der Waals surface area contributed by atoms with Gasteiger partial charge in [-0.25, -0.2) is 9.59 Å². The standard InChI is InChI=1S/C70H101N23O20S2/c1-35(94)56-65(108)86-48(29-55(98)99)67(110)93-26-8-14-51(93)64(107)83-43(11-5-23-76-69(73)74)58(101)87-50(34-115)63(106)80-42(12-6-24-77-70(75)113)57(100)81-44(20-17-37-31-78-41-10-4-3-9-40(37)41)59(102)82-45(21-22-53(72)96)60(103)84-46(66(109)91(2)52(68(111)112)27-36-15-18-39(95)19-16-36)13-7-25-92-32-38(89-90-92)28-47(61(104)88-56)85-62(105)49(33-114)79-54(97)30-71/h3-4,9-10,15-16,18-19,31-32,35,42-52,56,78,94-95,114-115H,5-8,11-14,17,20-30,33-34,71H2,1-2H3,(H2,72,96)(H,79,97)(H,80,106)(H,81,100)(H,82,102)(H,83,107)(H,84,103)(H,85,105)(H,86,108)(H,87,101)(H,88,104)(H,98,99)(H,111,112)(H4,73,74,76)(H3,75,77,113)/t35-,42+,43+,44+,45+,46+,47+,48+,49+,50?,51?,52+,56+/m1/s1. The van der Waals surface area contributed by atoms with Crippen molar-refractivity contribution in [1.82, 2.24) is 93.6 Å². The Kier molecular flexibility index (Phi) is 36.1. The number of likely N-dealkylation sites (N-methyl/N-ethyl adjacent to an activating group) is 1. The van der Waals surface area contributed by atoms with Gasteiger partial charge in [-0.3, -0.25) is 77.2 Å². The number of benzene rings is 2. The molecule has 0 saturated carbocycles. The van der Waals surface area contributed by atoms with Gasteiger partial charge in [0.2, 0.25) is 76.8 Å². The Morgan fingerprint density at radius 3 is 1.88 bits per heavy atom. The summed E-state index contributed by atoms with van der Waals surface area (Å²) in [4.78, 5) is 229. The summed E-state index contributed by atoms with van der Waals surface area (Å²) in [5, 5.41) is 88.3. The summed E-state index contributed by atoms with van der Waals surface area (Å²) in [6.45, 7) is -0.160. The molecule has 2 unspecified atom stereocenters. The molecule has 26 N–H and O–H groups in total. The maximum absolute atomic E-state index is 15.2. The van der Waals surface area contributed by atoms with Gasteiger partial charge in [0.15, 0.2) is 5.96 Å². The number of nitrogens with zero attached hydrogens (tertiary/aromatic N) is 5. The number of urea groups is 1. The van der Waals surface area contributed by atoms with Gasteiger partial charge in [-0.15, -0.1) is 5.10 Å². The number of aromatic amines is 1. The van der Waals surface area contributed by atoms with Crippen molar-refractivity contribution in [3.63, 3.8) is 0 Å². The van der Waals surface area contributed by atoms with Gasteiger partial charge < -0.3 is 122 Å². The van der Waals surface area contributed by atoms with Gasteiger partial charge in [0.25, 0.3) is 0 Å². The van der Waals surface area contributed by atoms with Crippen LogP contribution in [0.2, 0.25) is 0 Å². The van der Waals surface area contributed by atoms with Crippen molar-refractivity contribution in [1.29, 1.82) is 5.41 Å². The third-order valence-corrected chi connectivity index (χ3v) is 19.6. The Balaban J connectivity index is 1.48. The van der Waals surface area contributed by atoms with Gasteiger partial charge in [0.1, 0.15) is 78.3 Å². The minimum absolute atomic E-state index is 0.00156. The van der Waals surface area contributed by atoms with E-state index in [2.05, 4.69) is 104 Å². The summed E-state index contributed by atoms with van der Waals surface area (Å²) in [6.07, 6.45) is -3.50. The number of carbonyl (C=O) groups is 16. The van der Waals surface area contributed by atoms with Crippen LogP contribution in [0, 0.1) is 5.41 Å². The number of aryl methyl sites for hydroxylation is 2. The maximum atomic E-state index is 15.2. The average molecular weight is 1650 g/mol. The van der Waals surface area contributed by atoms with Crippen LogP contribution < -0.4 is 86.7 Å². The predicted octanol–water partition coefficient (Wildman–Crippen LogP) is -6.92. The van der Waals surface area contributed by atoms with Crippen LogP contribution in [-0.2, 0) is 97.7 Å². The molecule has 15 amide bonds. The number of phenols is 1. The van der Waals surface area contributed by atoms with Crippen LogP contribution in [0.5, 0.6) is 5.75 Å². The van der Waals surface area contributed by atoms with E-state index >= 15 is 9.59 Å². The molecule has 13 atom stereocenters. The zero-order chi connectivity index (χ0) is 84.8. The number of aliphatic hydroxyl groups is 1. The lowest BCUT2D eigenvalue weighted by atomic mass is 10.0. The number of rotatable bonds is 28. The first-order valence-corrected chi connectivity index (χ1v) is 38.1. The first-order chi connectivity index (χ1) is 54.6. The molecule has 2 aromatic heterocycles. The van der Waals surface area contributed by atoms with E-state index in [-0.39, 0.29) is 114 Å². The van der Waals surface area contributed by atoms with E-state index in [0.29, 0.717) is 16.6 Å². The molecule has 0 aliphatic carbocycles. The van der Waals surface area contributed by atoms with Crippen LogP contribution in [0.15, 0.2) is 60.9 Å². The maximum Gasteiger partial charge on any atom is 0.326 e. The summed E-state index contributed by atoms with van der Waals surface area (Å²) >= 11 is 8.50. The quantitative estimate of drug-likeness (QED) is 0.0109. The molecule has 43 nitrogen and oxygen atoms in total. The Labute approximate surface area is 669 Å². The van der Waals surface area contributed by atoms with Crippen molar-refractivity contribution in [2.24, 2.45) is 22.9 Å². The van der Waals surface area contributed by atoms with E-state index in [4.69, 9.17) is 28.3 Å². The zero-order valence-electron chi connectivity index (χ0n) is 63.1.